The number of rotatable bonds is 4. The lowest BCUT2D eigenvalue weighted by molar-refractivity contribution is 0.0951. The molecule has 1 amide bonds. The Balaban J connectivity index is 2.25. The van der Waals surface area contributed by atoms with E-state index in [4.69, 9.17) is 28.9 Å². The van der Waals surface area contributed by atoms with Gasteiger partial charge in [0.1, 0.15) is 5.82 Å². The Morgan fingerprint density at radius 1 is 1.26 bits per heavy atom. The summed E-state index contributed by atoms with van der Waals surface area (Å²) in [6.07, 6.45) is 2.40. The summed E-state index contributed by atoms with van der Waals surface area (Å²) in [4.78, 5) is 16.0. The number of carbonyl (C=O) groups is 1. The zero-order chi connectivity index (χ0) is 17.2. The molecule has 0 unspecified atom stereocenters. The molecule has 1 heterocycles. The van der Waals surface area contributed by atoms with E-state index in [2.05, 4.69) is 10.3 Å². The van der Waals surface area contributed by atoms with Crippen LogP contribution in [0, 0.1) is 0 Å². The van der Waals surface area contributed by atoms with Crippen molar-refractivity contribution in [2.24, 2.45) is 0 Å². The van der Waals surface area contributed by atoms with Crippen molar-refractivity contribution in [3.8, 4) is 0 Å². The minimum atomic E-state index is -3.48. The van der Waals surface area contributed by atoms with Gasteiger partial charge in [-0.1, -0.05) is 29.3 Å². The molecule has 1 aromatic heterocycles. The van der Waals surface area contributed by atoms with Crippen LogP contribution in [-0.4, -0.2) is 25.6 Å². The quantitative estimate of drug-likeness (QED) is 0.855. The highest BCUT2D eigenvalue weighted by atomic mass is 35.5. The van der Waals surface area contributed by atoms with E-state index in [-0.39, 0.29) is 27.8 Å². The SMILES string of the molecule is CS(=O)(=O)c1cc(Cl)ccc1CNC(=O)c1cc(Cl)cnc1N. The fraction of sp³-hybridized carbons (Fsp3) is 0.143. The van der Waals surface area contributed by atoms with Crippen LogP contribution in [0.25, 0.3) is 0 Å². The number of sulfone groups is 1. The average Bonchev–Trinajstić information content (AvgIpc) is 2.47. The molecule has 2 aromatic rings. The number of amides is 1. The molecule has 3 N–H and O–H groups in total. The summed E-state index contributed by atoms with van der Waals surface area (Å²) in [6, 6.07) is 5.82. The summed E-state index contributed by atoms with van der Waals surface area (Å²) < 4.78 is 23.6. The summed E-state index contributed by atoms with van der Waals surface area (Å²) in [5, 5.41) is 3.16. The Morgan fingerprint density at radius 3 is 2.61 bits per heavy atom. The van der Waals surface area contributed by atoms with Gasteiger partial charge in [0.25, 0.3) is 5.91 Å². The fourth-order valence-electron chi connectivity index (χ4n) is 1.92. The Bertz CT molecular complexity index is 870. The number of pyridine rings is 1. The summed E-state index contributed by atoms with van der Waals surface area (Å²) in [5.74, 6) is -0.474. The number of benzene rings is 1. The molecule has 23 heavy (non-hydrogen) atoms. The van der Waals surface area contributed by atoms with E-state index in [1.807, 2.05) is 0 Å². The summed E-state index contributed by atoms with van der Waals surface area (Å²) in [7, 11) is -3.48. The molecule has 0 fully saturated rings. The zero-order valence-electron chi connectivity index (χ0n) is 12.0. The molecule has 0 aliphatic heterocycles. The van der Waals surface area contributed by atoms with Crippen LogP contribution in [0.15, 0.2) is 35.4 Å². The standard InChI is InChI=1S/C14H13Cl2N3O3S/c1-23(21,22)12-5-9(15)3-2-8(12)6-19-14(20)11-4-10(16)7-18-13(11)17/h2-5,7H,6H2,1H3,(H2,17,18)(H,19,20). The van der Waals surface area contributed by atoms with Gasteiger partial charge in [0.05, 0.1) is 15.5 Å². The predicted octanol–water partition coefficient (Wildman–Crippen LogP) is 2.30. The molecular weight excluding hydrogens is 361 g/mol. The molecule has 0 spiro atoms. The molecule has 6 nitrogen and oxygen atoms in total. The second-order valence-corrected chi connectivity index (χ2v) is 7.65. The highest BCUT2D eigenvalue weighted by Gasteiger charge is 2.16. The maximum atomic E-state index is 12.2. The average molecular weight is 374 g/mol. The monoisotopic (exact) mass is 373 g/mol. The molecule has 0 saturated carbocycles. The van der Waals surface area contributed by atoms with E-state index in [0.717, 1.165) is 6.26 Å². The number of halogens is 2. The van der Waals surface area contributed by atoms with Gasteiger partial charge in [0.15, 0.2) is 9.84 Å². The Labute approximate surface area is 143 Å². The van der Waals surface area contributed by atoms with Crippen molar-refractivity contribution in [2.75, 3.05) is 12.0 Å². The first-order valence-electron chi connectivity index (χ1n) is 6.36. The number of aromatic nitrogens is 1. The number of carbonyl (C=O) groups excluding carboxylic acids is 1. The molecule has 9 heteroatoms. The van der Waals surface area contributed by atoms with Crippen LogP contribution < -0.4 is 11.1 Å². The van der Waals surface area contributed by atoms with Crippen LogP contribution in [0.1, 0.15) is 15.9 Å². The van der Waals surface area contributed by atoms with Crippen LogP contribution in [0.4, 0.5) is 5.82 Å². The maximum absolute atomic E-state index is 12.2. The van der Waals surface area contributed by atoms with Gasteiger partial charge in [-0.2, -0.15) is 0 Å². The first-order valence-corrected chi connectivity index (χ1v) is 9.01. The van der Waals surface area contributed by atoms with E-state index in [9.17, 15) is 13.2 Å². The fourth-order valence-corrected chi connectivity index (χ4v) is 3.27. The van der Waals surface area contributed by atoms with Gasteiger partial charge >= 0.3 is 0 Å². The first-order chi connectivity index (χ1) is 10.7. The van der Waals surface area contributed by atoms with Crippen molar-refractivity contribution < 1.29 is 13.2 Å². The lowest BCUT2D eigenvalue weighted by Crippen LogP contribution is -2.25. The van der Waals surface area contributed by atoms with E-state index >= 15 is 0 Å². The van der Waals surface area contributed by atoms with Crippen LogP contribution in [0.3, 0.4) is 0 Å². The second kappa shape index (κ2) is 6.74. The number of nitrogens with one attached hydrogen (secondary N) is 1. The lowest BCUT2D eigenvalue weighted by Gasteiger charge is -2.11. The van der Waals surface area contributed by atoms with Gasteiger partial charge in [-0.15, -0.1) is 0 Å². The van der Waals surface area contributed by atoms with E-state index in [0.29, 0.717) is 10.6 Å². The molecule has 122 valence electrons. The third kappa shape index (κ3) is 4.34. The molecule has 0 radical (unpaired) electrons. The summed E-state index contributed by atoms with van der Waals surface area (Å²) in [5.41, 5.74) is 6.17. The van der Waals surface area contributed by atoms with E-state index in [1.165, 1.54) is 18.3 Å². The van der Waals surface area contributed by atoms with Gasteiger partial charge in [0, 0.05) is 24.0 Å². The Hall–Kier alpha value is -1.83. The van der Waals surface area contributed by atoms with Crippen molar-refractivity contribution in [3.63, 3.8) is 0 Å². The minimum Gasteiger partial charge on any atom is -0.383 e. The number of nitrogen functional groups attached to an aromatic ring is 1. The van der Waals surface area contributed by atoms with Crippen LogP contribution in [0.5, 0.6) is 0 Å². The molecule has 2 rings (SSSR count). The third-order valence-electron chi connectivity index (χ3n) is 3.00. The van der Waals surface area contributed by atoms with Gasteiger partial charge in [-0.05, 0) is 23.8 Å². The van der Waals surface area contributed by atoms with Crippen molar-refractivity contribution in [1.29, 1.82) is 0 Å². The molecule has 0 aliphatic rings. The van der Waals surface area contributed by atoms with E-state index < -0.39 is 15.7 Å². The first kappa shape index (κ1) is 17.5. The maximum Gasteiger partial charge on any atom is 0.255 e. The number of nitrogens with zero attached hydrogens (tertiary/aromatic N) is 1. The van der Waals surface area contributed by atoms with Gasteiger partial charge < -0.3 is 11.1 Å². The molecular formula is C14H13Cl2N3O3S. The third-order valence-corrected chi connectivity index (χ3v) is 4.62. The number of hydrogen-bond acceptors (Lipinski definition) is 5. The molecule has 1 aromatic carbocycles. The van der Waals surface area contributed by atoms with Gasteiger partial charge in [-0.25, -0.2) is 13.4 Å². The van der Waals surface area contributed by atoms with Crippen molar-refractivity contribution in [2.45, 2.75) is 11.4 Å². The van der Waals surface area contributed by atoms with Crippen LogP contribution in [0.2, 0.25) is 10.0 Å². The molecule has 0 bridgehead atoms. The number of nitrogens with two attached hydrogens (primary N) is 1. The number of hydrogen-bond donors (Lipinski definition) is 2. The number of anilines is 1. The van der Waals surface area contributed by atoms with Crippen LogP contribution in [-0.2, 0) is 16.4 Å². The normalized spacial score (nSPS) is 11.3. The second-order valence-electron chi connectivity index (χ2n) is 4.79. The predicted molar refractivity (Wildman–Crippen MR) is 89.4 cm³/mol. The van der Waals surface area contributed by atoms with Crippen molar-refractivity contribution >= 4 is 44.8 Å². The summed E-state index contributed by atoms with van der Waals surface area (Å²) in [6.45, 7) is -0.00956. The Kier molecular flexibility index (Phi) is 5.13. The summed E-state index contributed by atoms with van der Waals surface area (Å²) >= 11 is 11.6. The highest BCUT2D eigenvalue weighted by molar-refractivity contribution is 7.90. The highest BCUT2D eigenvalue weighted by Crippen LogP contribution is 2.21. The topological polar surface area (TPSA) is 102 Å². The van der Waals surface area contributed by atoms with Crippen LogP contribution >= 0.6 is 23.2 Å². The largest absolute Gasteiger partial charge is 0.383 e. The molecule has 0 saturated heterocycles. The lowest BCUT2D eigenvalue weighted by atomic mass is 10.2. The zero-order valence-corrected chi connectivity index (χ0v) is 14.3. The van der Waals surface area contributed by atoms with Crippen molar-refractivity contribution in [3.05, 3.63) is 51.6 Å². The smallest absolute Gasteiger partial charge is 0.255 e. The molecule has 0 atom stereocenters. The minimum absolute atomic E-state index is 0.00956. The van der Waals surface area contributed by atoms with Gasteiger partial charge in [0.2, 0.25) is 0 Å². The molecule has 0 aliphatic carbocycles. The van der Waals surface area contributed by atoms with E-state index in [1.54, 1.807) is 12.1 Å². The van der Waals surface area contributed by atoms with Gasteiger partial charge in [-0.3, -0.25) is 4.79 Å². The van der Waals surface area contributed by atoms with Crippen molar-refractivity contribution in [1.82, 2.24) is 10.3 Å². The Morgan fingerprint density at radius 2 is 1.96 bits per heavy atom.